The van der Waals surface area contributed by atoms with Gasteiger partial charge in [-0.3, -0.25) is 9.36 Å². The first-order chi connectivity index (χ1) is 12.6. The van der Waals surface area contributed by atoms with Crippen LogP contribution in [0, 0.1) is 0 Å². The van der Waals surface area contributed by atoms with E-state index >= 15 is 0 Å². The molecule has 136 valence electrons. The molecule has 2 aromatic heterocycles. The second-order valence-electron chi connectivity index (χ2n) is 6.50. The topological polar surface area (TPSA) is 64.4 Å². The highest BCUT2D eigenvalue weighted by atomic mass is 35.5. The van der Waals surface area contributed by atoms with Crippen molar-refractivity contribution in [2.24, 2.45) is 0 Å². The molecule has 1 atom stereocenters. The Morgan fingerprint density at radius 3 is 3.04 bits per heavy atom. The fourth-order valence-corrected chi connectivity index (χ4v) is 4.76. The maximum atomic E-state index is 12.8. The monoisotopic (exact) mass is 390 g/mol. The van der Waals surface area contributed by atoms with E-state index in [0.29, 0.717) is 11.6 Å². The number of rotatable bonds is 6. The largest absolute Gasteiger partial charge is 0.389 e. The maximum absolute atomic E-state index is 12.8. The SMILES string of the molecule is O=c1c2c3c(sc2ncn1CC(O)COCc1ccccc1Cl)CCC3. The van der Waals surface area contributed by atoms with Crippen LogP contribution in [-0.2, 0) is 30.7 Å². The second kappa shape index (κ2) is 7.48. The van der Waals surface area contributed by atoms with Crippen molar-refractivity contribution >= 4 is 33.2 Å². The van der Waals surface area contributed by atoms with Gasteiger partial charge in [-0.1, -0.05) is 29.8 Å². The number of hydrogen-bond acceptors (Lipinski definition) is 5. The van der Waals surface area contributed by atoms with Crippen molar-refractivity contribution < 1.29 is 9.84 Å². The number of nitrogens with zero attached hydrogens (tertiary/aromatic N) is 2. The zero-order chi connectivity index (χ0) is 18.1. The molecule has 0 spiro atoms. The molecule has 1 N–H and O–H groups in total. The number of aromatic nitrogens is 2. The van der Waals surface area contributed by atoms with Crippen LogP contribution in [0.5, 0.6) is 0 Å². The highest BCUT2D eigenvalue weighted by Crippen LogP contribution is 2.34. The highest BCUT2D eigenvalue weighted by Gasteiger charge is 2.21. The number of aliphatic hydroxyl groups is 1. The summed E-state index contributed by atoms with van der Waals surface area (Å²) in [6.45, 7) is 0.604. The molecule has 2 heterocycles. The number of halogens is 1. The molecule has 3 aromatic rings. The summed E-state index contributed by atoms with van der Waals surface area (Å²) in [5.74, 6) is 0. The highest BCUT2D eigenvalue weighted by molar-refractivity contribution is 7.18. The lowest BCUT2D eigenvalue weighted by molar-refractivity contribution is 0.0198. The van der Waals surface area contributed by atoms with Gasteiger partial charge in [0.1, 0.15) is 4.83 Å². The minimum Gasteiger partial charge on any atom is -0.389 e. The van der Waals surface area contributed by atoms with E-state index in [1.165, 1.54) is 15.8 Å². The van der Waals surface area contributed by atoms with Crippen molar-refractivity contribution in [3.8, 4) is 0 Å². The van der Waals surface area contributed by atoms with Gasteiger partial charge in [0, 0.05) is 9.90 Å². The minimum atomic E-state index is -0.791. The molecule has 7 heteroatoms. The zero-order valence-corrected chi connectivity index (χ0v) is 15.7. The van der Waals surface area contributed by atoms with Crippen LogP contribution < -0.4 is 5.56 Å². The lowest BCUT2D eigenvalue weighted by Gasteiger charge is -2.13. The van der Waals surface area contributed by atoms with E-state index in [1.54, 1.807) is 17.4 Å². The summed E-state index contributed by atoms with van der Waals surface area (Å²) < 4.78 is 7.04. The van der Waals surface area contributed by atoms with E-state index in [9.17, 15) is 9.90 Å². The Morgan fingerprint density at radius 2 is 2.19 bits per heavy atom. The summed E-state index contributed by atoms with van der Waals surface area (Å²) >= 11 is 7.70. The van der Waals surface area contributed by atoms with Crippen molar-refractivity contribution in [2.45, 2.75) is 38.5 Å². The molecule has 0 radical (unpaired) electrons. The van der Waals surface area contributed by atoms with E-state index in [-0.39, 0.29) is 18.7 Å². The second-order valence-corrected chi connectivity index (χ2v) is 7.99. The Balaban J connectivity index is 1.43. The average molecular weight is 391 g/mol. The Labute approximate surface area is 159 Å². The molecule has 4 rings (SSSR count). The average Bonchev–Trinajstić information content (AvgIpc) is 3.20. The molecule has 0 fully saturated rings. The fourth-order valence-electron chi connectivity index (χ4n) is 3.35. The van der Waals surface area contributed by atoms with Crippen LogP contribution in [0.25, 0.3) is 10.2 Å². The van der Waals surface area contributed by atoms with Crippen LogP contribution in [0.3, 0.4) is 0 Å². The van der Waals surface area contributed by atoms with Gasteiger partial charge < -0.3 is 9.84 Å². The van der Waals surface area contributed by atoms with Crippen LogP contribution in [0.1, 0.15) is 22.4 Å². The van der Waals surface area contributed by atoms with Gasteiger partial charge in [-0.25, -0.2) is 4.98 Å². The predicted octanol–water partition coefficient (Wildman–Crippen LogP) is 3.18. The Kier molecular flexibility index (Phi) is 5.09. The molecule has 1 aliphatic carbocycles. The van der Waals surface area contributed by atoms with Gasteiger partial charge in [0.25, 0.3) is 5.56 Å². The molecule has 0 saturated heterocycles. The van der Waals surface area contributed by atoms with Crippen molar-refractivity contribution in [3.05, 3.63) is 62.0 Å². The summed E-state index contributed by atoms with van der Waals surface area (Å²) in [5, 5.41) is 11.6. The standard InChI is InChI=1S/C19H19ClN2O3S/c20-15-6-2-1-4-12(15)9-25-10-13(23)8-22-11-21-18-17(19(22)24)14-5-3-7-16(14)26-18/h1-2,4,6,11,13,23H,3,5,7-10H2. The first kappa shape index (κ1) is 17.7. The van der Waals surface area contributed by atoms with Crippen LogP contribution in [0.15, 0.2) is 35.4 Å². The maximum Gasteiger partial charge on any atom is 0.262 e. The van der Waals surface area contributed by atoms with Gasteiger partial charge in [0.15, 0.2) is 0 Å². The Bertz CT molecular complexity index is 998. The molecule has 5 nitrogen and oxygen atoms in total. The quantitative estimate of drug-likeness (QED) is 0.702. The summed E-state index contributed by atoms with van der Waals surface area (Å²) in [6, 6.07) is 7.43. The number of benzene rings is 1. The summed E-state index contributed by atoms with van der Waals surface area (Å²) in [7, 11) is 0. The molecule has 0 bridgehead atoms. The summed E-state index contributed by atoms with van der Waals surface area (Å²) in [4.78, 5) is 19.3. The van der Waals surface area contributed by atoms with Crippen LogP contribution in [0.2, 0.25) is 5.02 Å². The van der Waals surface area contributed by atoms with E-state index < -0.39 is 6.10 Å². The van der Waals surface area contributed by atoms with E-state index in [1.807, 2.05) is 18.2 Å². The normalized spacial score (nSPS) is 14.7. The smallest absolute Gasteiger partial charge is 0.262 e. The van der Waals surface area contributed by atoms with Crippen molar-refractivity contribution in [1.29, 1.82) is 0 Å². The molecular weight excluding hydrogens is 372 g/mol. The van der Waals surface area contributed by atoms with Crippen LogP contribution >= 0.6 is 22.9 Å². The molecule has 0 amide bonds. The van der Waals surface area contributed by atoms with Gasteiger partial charge in [0.05, 0.1) is 37.6 Å². The third-order valence-electron chi connectivity index (χ3n) is 4.62. The first-order valence-electron chi connectivity index (χ1n) is 8.62. The zero-order valence-electron chi connectivity index (χ0n) is 14.2. The first-order valence-corrected chi connectivity index (χ1v) is 9.82. The molecule has 0 saturated carbocycles. The molecule has 1 aromatic carbocycles. The number of ether oxygens (including phenoxy) is 1. The Morgan fingerprint density at radius 1 is 1.35 bits per heavy atom. The van der Waals surface area contributed by atoms with Crippen molar-refractivity contribution in [3.63, 3.8) is 0 Å². The number of thiophene rings is 1. The molecule has 0 aliphatic heterocycles. The van der Waals surface area contributed by atoms with Gasteiger partial charge in [0.2, 0.25) is 0 Å². The van der Waals surface area contributed by atoms with Crippen molar-refractivity contribution in [1.82, 2.24) is 9.55 Å². The summed E-state index contributed by atoms with van der Waals surface area (Å²) in [6.07, 6.45) is 3.81. The van der Waals surface area contributed by atoms with Crippen LogP contribution in [-0.4, -0.2) is 27.4 Å². The Hall–Kier alpha value is -1.73. The summed E-state index contributed by atoms with van der Waals surface area (Å²) in [5.41, 5.74) is 1.95. The lowest BCUT2D eigenvalue weighted by atomic mass is 10.2. The number of aliphatic hydroxyl groups excluding tert-OH is 1. The van der Waals surface area contributed by atoms with Gasteiger partial charge in [-0.2, -0.15) is 0 Å². The molecule has 1 unspecified atom stereocenters. The lowest BCUT2D eigenvalue weighted by Crippen LogP contribution is -2.29. The predicted molar refractivity (Wildman–Crippen MR) is 103 cm³/mol. The van der Waals surface area contributed by atoms with Crippen LogP contribution in [0.4, 0.5) is 0 Å². The van der Waals surface area contributed by atoms with E-state index in [0.717, 1.165) is 40.6 Å². The number of aryl methyl sites for hydroxylation is 2. The van der Waals surface area contributed by atoms with Crippen molar-refractivity contribution in [2.75, 3.05) is 6.61 Å². The number of fused-ring (bicyclic) bond motifs is 3. The third-order valence-corrected chi connectivity index (χ3v) is 6.19. The minimum absolute atomic E-state index is 0.0699. The van der Waals surface area contributed by atoms with Gasteiger partial charge in [-0.15, -0.1) is 11.3 Å². The fraction of sp³-hybridized carbons (Fsp3) is 0.368. The van der Waals surface area contributed by atoms with Gasteiger partial charge in [-0.05, 0) is 36.5 Å². The molecule has 26 heavy (non-hydrogen) atoms. The molecular formula is C19H19ClN2O3S. The third kappa shape index (κ3) is 3.42. The van der Waals surface area contributed by atoms with E-state index in [4.69, 9.17) is 16.3 Å². The number of hydrogen-bond donors (Lipinski definition) is 1. The van der Waals surface area contributed by atoms with Gasteiger partial charge >= 0.3 is 0 Å². The van der Waals surface area contributed by atoms with E-state index in [2.05, 4.69) is 4.98 Å². The molecule has 1 aliphatic rings.